The lowest BCUT2D eigenvalue weighted by Crippen LogP contribution is -2.41. The molecule has 0 radical (unpaired) electrons. The molecule has 1 fully saturated rings. The van der Waals surface area contributed by atoms with E-state index in [0.29, 0.717) is 24.1 Å². The summed E-state index contributed by atoms with van der Waals surface area (Å²) in [5, 5.41) is 0. The van der Waals surface area contributed by atoms with Crippen LogP contribution in [0.4, 0.5) is 17.6 Å². The van der Waals surface area contributed by atoms with Gasteiger partial charge in [0.05, 0.1) is 5.56 Å². The van der Waals surface area contributed by atoms with E-state index >= 15 is 0 Å². The van der Waals surface area contributed by atoms with Crippen molar-refractivity contribution in [2.45, 2.75) is 38.5 Å². The molecule has 2 N–H and O–H groups in total. The smallest absolute Gasteiger partial charge is 0.328 e. The summed E-state index contributed by atoms with van der Waals surface area (Å²) >= 11 is 0. The Morgan fingerprint density at radius 1 is 1.32 bits per heavy atom. The van der Waals surface area contributed by atoms with Crippen LogP contribution in [0.15, 0.2) is 18.2 Å². The summed E-state index contributed by atoms with van der Waals surface area (Å²) in [4.78, 5) is 2.05. The molecule has 0 saturated carbocycles. The molecule has 1 aromatic carbocycles. The average molecular weight is 341 g/mol. The number of hydrogen-bond donors (Lipinski definition) is 1. The summed E-state index contributed by atoms with van der Waals surface area (Å²) in [6.07, 6.45) is -2.52. The van der Waals surface area contributed by atoms with Gasteiger partial charge in [-0.05, 0) is 56.0 Å². The first-order chi connectivity index (χ1) is 9.75. The Bertz CT molecular complexity index is 491. The molecule has 1 aliphatic heterocycles. The molecule has 22 heavy (non-hydrogen) atoms. The minimum atomic E-state index is -4.52. The Morgan fingerprint density at radius 2 is 2.00 bits per heavy atom. The highest BCUT2D eigenvalue weighted by Crippen LogP contribution is 2.31. The van der Waals surface area contributed by atoms with E-state index in [9.17, 15) is 17.6 Å². The second-order valence-electron chi connectivity index (χ2n) is 5.84. The summed E-state index contributed by atoms with van der Waals surface area (Å²) in [5.41, 5.74) is 5.31. The highest BCUT2D eigenvalue weighted by Gasteiger charge is 2.31. The number of alkyl halides is 3. The van der Waals surface area contributed by atoms with Crippen molar-refractivity contribution in [2.75, 3.05) is 13.1 Å². The molecule has 0 aromatic heterocycles. The molecule has 2 atom stereocenters. The van der Waals surface area contributed by atoms with Crippen LogP contribution in [0.25, 0.3) is 0 Å². The molecule has 1 heterocycles. The summed E-state index contributed by atoms with van der Waals surface area (Å²) in [5.74, 6) is -0.505. The van der Waals surface area contributed by atoms with Crippen molar-refractivity contribution < 1.29 is 17.6 Å². The topological polar surface area (TPSA) is 29.3 Å². The van der Waals surface area contributed by atoms with Crippen LogP contribution in [-0.2, 0) is 12.7 Å². The highest BCUT2D eigenvalue weighted by atomic mass is 35.5. The summed E-state index contributed by atoms with van der Waals surface area (Å²) < 4.78 is 51.5. The third-order valence-electron chi connectivity index (χ3n) is 3.98. The molecule has 1 aliphatic rings. The van der Waals surface area contributed by atoms with Gasteiger partial charge in [-0.3, -0.25) is 4.90 Å². The van der Waals surface area contributed by atoms with Crippen LogP contribution in [0.1, 0.15) is 30.9 Å². The van der Waals surface area contributed by atoms with Crippen molar-refractivity contribution in [1.82, 2.24) is 4.90 Å². The lowest BCUT2D eigenvalue weighted by molar-refractivity contribution is -0.137. The predicted molar refractivity (Wildman–Crippen MR) is 80.3 cm³/mol. The molecule has 126 valence electrons. The van der Waals surface area contributed by atoms with Crippen molar-refractivity contribution in [2.24, 2.45) is 11.7 Å². The maximum atomic E-state index is 13.4. The maximum Gasteiger partial charge on any atom is 0.416 e. The Labute approximate surface area is 134 Å². The van der Waals surface area contributed by atoms with Gasteiger partial charge in [0.2, 0.25) is 0 Å². The van der Waals surface area contributed by atoms with Gasteiger partial charge in [0.1, 0.15) is 5.82 Å². The monoisotopic (exact) mass is 340 g/mol. The van der Waals surface area contributed by atoms with E-state index in [0.717, 1.165) is 32.0 Å². The van der Waals surface area contributed by atoms with Gasteiger partial charge in [0.25, 0.3) is 0 Å². The Morgan fingerprint density at radius 3 is 2.59 bits per heavy atom. The quantitative estimate of drug-likeness (QED) is 0.847. The zero-order valence-corrected chi connectivity index (χ0v) is 13.2. The van der Waals surface area contributed by atoms with Gasteiger partial charge >= 0.3 is 6.18 Å². The normalized spacial score (nSPS) is 21.3. The van der Waals surface area contributed by atoms with Gasteiger partial charge in [-0.15, -0.1) is 12.4 Å². The minimum absolute atomic E-state index is 0. The molecule has 2 unspecified atom stereocenters. The standard InChI is InChI=1S/C15H20F4N2.ClH/c1-10(20)12-3-2-4-21(9-12)8-11-5-13(15(17,18)19)7-14(16)6-11;/h5-7,10,12H,2-4,8-9,20H2,1H3;1H. The van der Waals surface area contributed by atoms with Crippen LogP contribution < -0.4 is 5.73 Å². The van der Waals surface area contributed by atoms with Crippen LogP contribution in [0.2, 0.25) is 0 Å². The van der Waals surface area contributed by atoms with Crippen LogP contribution in [0, 0.1) is 11.7 Å². The van der Waals surface area contributed by atoms with E-state index in [1.807, 2.05) is 11.8 Å². The van der Waals surface area contributed by atoms with Crippen LogP contribution in [-0.4, -0.2) is 24.0 Å². The number of nitrogens with zero attached hydrogens (tertiary/aromatic N) is 1. The number of halogens is 5. The molecule has 0 aliphatic carbocycles. The summed E-state index contributed by atoms with van der Waals surface area (Å²) in [6, 6.07) is 2.79. The fourth-order valence-electron chi connectivity index (χ4n) is 2.83. The first-order valence-corrected chi connectivity index (χ1v) is 7.10. The summed E-state index contributed by atoms with van der Waals surface area (Å²) in [6.45, 7) is 3.82. The zero-order valence-electron chi connectivity index (χ0n) is 12.4. The molecule has 2 rings (SSSR count). The summed E-state index contributed by atoms with van der Waals surface area (Å²) in [7, 11) is 0. The van der Waals surface area contributed by atoms with E-state index in [1.165, 1.54) is 6.07 Å². The second-order valence-corrected chi connectivity index (χ2v) is 5.84. The number of benzene rings is 1. The van der Waals surface area contributed by atoms with Gasteiger partial charge in [0, 0.05) is 19.1 Å². The molecule has 1 aromatic rings. The zero-order chi connectivity index (χ0) is 15.6. The fourth-order valence-corrected chi connectivity index (χ4v) is 2.83. The van der Waals surface area contributed by atoms with Gasteiger partial charge in [-0.25, -0.2) is 4.39 Å². The number of likely N-dealkylation sites (tertiary alicyclic amines) is 1. The Balaban J connectivity index is 0.00000242. The molecule has 0 spiro atoms. The minimum Gasteiger partial charge on any atom is -0.328 e. The third kappa shape index (κ3) is 5.11. The van der Waals surface area contributed by atoms with Crippen LogP contribution in [0.5, 0.6) is 0 Å². The number of hydrogen-bond acceptors (Lipinski definition) is 2. The third-order valence-corrected chi connectivity index (χ3v) is 3.98. The van der Waals surface area contributed by atoms with E-state index in [4.69, 9.17) is 5.73 Å². The molecular weight excluding hydrogens is 320 g/mol. The predicted octanol–water partition coefficient (Wildman–Crippen LogP) is 3.83. The van der Waals surface area contributed by atoms with Crippen molar-refractivity contribution in [3.8, 4) is 0 Å². The lowest BCUT2D eigenvalue weighted by Gasteiger charge is -2.34. The van der Waals surface area contributed by atoms with Crippen LogP contribution in [0.3, 0.4) is 0 Å². The van der Waals surface area contributed by atoms with Gasteiger partial charge < -0.3 is 5.73 Å². The van der Waals surface area contributed by atoms with Crippen LogP contribution >= 0.6 is 12.4 Å². The molecule has 0 bridgehead atoms. The fraction of sp³-hybridized carbons (Fsp3) is 0.600. The van der Waals surface area contributed by atoms with Gasteiger partial charge in [-0.2, -0.15) is 13.2 Å². The van der Waals surface area contributed by atoms with E-state index in [1.54, 1.807) is 0 Å². The largest absolute Gasteiger partial charge is 0.416 e. The second kappa shape index (κ2) is 7.62. The maximum absolute atomic E-state index is 13.4. The van der Waals surface area contributed by atoms with E-state index in [2.05, 4.69) is 0 Å². The van der Waals surface area contributed by atoms with Crippen molar-refractivity contribution in [3.63, 3.8) is 0 Å². The van der Waals surface area contributed by atoms with Crippen molar-refractivity contribution in [3.05, 3.63) is 35.1 Å². The Kier molecular flexibility index (Phi) is 6.65. The van der Waals surface area contributed by atoms with E-state index < -0.39 is 17.6 Å². The molecule has 0 amide bonds. The number of rotatable bonds is 3. The highest BCUT2D eigenvalue weighted by molar-refractivity contribution is 5.85. The lowest BCUT2D eigenvalue weighted by atomic mass is 9.92. The number of nitrogens with two attached hydrogens (primary N) is 1. The molecule has 7 heteroatoms. The van der Waals surface area contributed by atoms with Crippen molar-refractivity contribution >= 4 is 12.4 Å². The number of piperidine rings is 1. The van der Waals surface area contributed by atoms with Crippen molar-refractivity contribution in [1.29, 1.82) is 0 Å². The average Bonchev–Trinajstić information content (AvgIpc) is 2.37. The van der Waals surface area contributed by atoms with E-state index in [-0.39, 0.29) is 18.4 Å². The first-order valence-electron chi connectivity index (χ1n) is 7.10. The molecular formula is C15H21ClF4N2. The van der Waals surface area contributed by atoms with Gasteiger partial charge in [0.15, 0.2) is 0 Å². The Hall–Kier alpha value is -0.850. The van der Waals surface area contributed by atoms with Gasteiger partial charge in [-0.1, -0.05) is 0 Å². The molecule has 2 nitrogen and oxygen atoms in total. The molecule has 1 saturated heterocycles. The first kappa shape index (κ1) is 19.2. The SMILES string of the molecule is CC(N)C1CCCN(Cc2cc(F)cc(C(F)(F)F)c2)C1.Cl.